The average Bonchev–Trinajstić information content (AvgIpc) is 3.03. The van der Waals surface area contributed by atoms with Crippen molar-refractivity contribution < 1.29 is 4.79 Å². The zero-order valence-electron chi connectivity index (χ0n) is 19.3. The molecular formula is C26H27N5O2S. The Morgan fingerprint density at radius 3 is 2.47 bits per heavy atom. The number of anilines is 1. The summed E-state index contributed by atoms with van der Waals surface area (Å²) in [5.74, 6) is 0.445. The van der Waals surface area contributed by atoms with Crippen molar-refractivity contribution in [1.82, 2.24) is 19.3 Å². The number of benzene rings is 2. The third-order valence-electron chi connectivity index (χ3n) is 6.27. The lowest BCUT2D eigenvalue weighted by Gasteiger charge is -2.23. The molecule has 5 rings (SSSR count). The maximum Gasteiger partial charge on any atom is 0.284 e. The molecule has 0 spiro atoms. The van der Waals surface area contributed by atoms with Gasteiger partial charge in [-0.2, -0.15) is 4.68 Å². The molecular weight excluding hydrogens is 446 g/mol. The molecule has 34 heavy (non-hydrogen) atoms. The van der Waals surface area contributed by atoms with Gasteiger partial charge in [0.2, 0.25) is 5.91 Å². The molecule has 3 heterocycles. The highest BCUT2D eigenvalue weighted by atomic mass is 32.2. The summed E-state index contributed by atoms with van der Waals surface area (Å²) in [5.41, 5.74) is 3.01. The Hall–Kier alpha value is -3.39. The predicted octanol–water partition coefficient (Wildman–Crippen LogP) is 4.40. The van der Waals surface area contributed by atoms with Crippen molar-refractivity contribution in [2.45, 2.75) is 49.6 Å². The van der Waals surface area contributed by atoms with Crippen LogP contribution in [-0.2, 0) is 17.8 Å². The standard InChI is InChI=1S/C26H27N5O2S/c1-18(24(32)29(2)19-12-6-3-7-13-19)34-26-27-23-22(21-16-10-5-11-17-30(21)26)25(33)31(28-23)20-14-8-4-9-15-20/h3-4,6-9,12-15,18H,5,10-11,16-17H2,1-2H3. The fraction of sp³-hybridized carbons (Fsp3) is 0.308. The van der Waals surface area contributed by atoms with Crippen LogP contribution in [0.1, 0.15) is 31.9 Å². The maximum absolute atomic E-state index is 13.4. The Bertz CT molecular complexity index is 1330. The third kappa shape index (κ3) is 4.14. The van der Waals surface area contributed by atoms with Gasteiger partial charge in [-0.25, -0.2) is 4.98 Å². The number of rotatable bonds is 5. The monoisotopic (exact) mass is 473 g/mol. The van der Waals surface area contributed by atoms with Gasteiger partial charge in [0.15, 0.2) is 11.0 Å². The normalized spacial score (nSPS) is 14.4. The van der Waals surface area contributed by atoms with E-state index in [2.05, 4.69) is 9.67 Å². The number of aromatic nitrogens is 4. The molecule has 3 aliphatic heterocycles. The van der Waals surface area contributed by atoms with Crippen LogP contribution < -0.4 is 10.5 Å². The number of hydrogen-bond donors (Lipinski definition) is 0. The van der Waals surface area contributed by atoms with Gasteiger partial charge in [0.25, 0.3) is 5.56 Å². The summed E-state index contributed by atoms with van der Waals surface area (Å²) in [6.07, 6.45) is 3.93. The van der Waals surface area contributed by atoms with Gasteiger partial charge in [0.05, 0.1) is 10.9 Å². The first-order valence-electron chi connectivity index (χ1n) is 11.6. The fourth-order valence-corrected chi connectivity index (χ4v) is 5.49. The second-order valence-corrected chi connectivity index (χ2v) is 9.86. The molecule has 0 aromatic heterocycles. The van der Waals surface area contributed by atoms with E-state index in [1.54, 1.807) is 11.9 Å². The van der Waals surface area contributed by atoms with Crippen LogP contribution in [0.4, 0.5) is 5.69 Å². The topological polar surface area (TPSA) is 73.0 Å². The molecule has 3 aliphatic rings. The van der Waals surface area contributed by atoms with E-state index in [-0.39, 0.29) is 16.7 Å². The minimum atomic E-state index is -0.349. The van der Waals surface area contributed by atoms with E-state index in [1.807, 2.05) is 67.6 Å². The van der Waals surface area contributed by atoms with E-state index < -0.39 is 0 Å². The third-order valence-corrected chi connectivity index (χ3v) is 7.35. The molecule has 174 valence electrons. The van der Waals surface area contributed by atoms with Crippen LogP contribution in [0.25, 0.3) is 17.1 Å². The van der Waals surface area contributed by atoms with Gasteiger partial charge in [0.1, 0.15) is 5.56 Å². The SMILES string of the molecule is CC(Sc1nc2nn(-c3ccccc3)c(=O)c-2c2n1CCCCC2)C(=O)N(C)c1ccccc1. The first-order chi connectivity index (χ1) is 16.5. The van der Waals surface area contributed by atoms with Gasteiger partial charge in [-0.05, 0) is 50.5 Å². The molecule has 0 aliphatic carbocycles. The van der Waals surface area contributed by atoms with Crippen LogP contribution in [0.5, 0.6) is 0 Å². The Morgan fingerprint density at radius 1 is 1.03 bits per heavy atom. The van der Waals surface area contributed by atoms with Gasteiger partial charge in [0, 0.05) is 25.0 Å². The lowest BCUT2D eigenvalue weighted by molar-refractivity contribution is -0.117. The number of hydrogen-bond acceptors (Lipinski definition) is 5. The van der Waals surface area contributed by atoms with Crippen molar-refractivity contribution in [1.29, 1.82) is 0 Å². The zero-order valence-corrected chi connectivity index (χ0v) is 20.2. The highest BCUT2D eigenvalue weighted by molar-refractivity contribution is 8.00. The molecule has 2 aromatic carbocycles. The first kappa shape index (κ1) is 22.4. The molecule has 0 N–H and O–H groups in total. The van der Waals surface area contributed by atoms with Crippen LogP contribution in [0.15, 0.2) is 70.6 Å². The quantitative estimate of drug-likeness (QED) is 0.317. The molecule has 0 fully saturated rings. The van der Waals surface area contributed by atoms with Crippen LogP contribution >= 0.6 is 11.8 Å². The molecule has 0 saturated heterocycles. The van der Waals surface area contributed by atoms with Gasteiger partial charge in [-0.1, -0.05) is 54.6 Å². The second kappa shape index (κ2) is 9.46. The van der Waals surface area contributed by atoms with Crippen molar-refractivity contribution in [3.8, 4) is 17.1 Å². The van der Waals surface area contributed by atoms with Crippen molar-refractivity contribution in [3.05, 3.63) is 76.7 Å². The van der Waals surface area contributed by atoms with Gasteiger partial charge >= 0.3 is 0 Å². The molecule has 1 amide bonds. The van der Waals surface area contributed by atoms with Crippen LogP contribution in [-0.4, -0.2) is 37.5 Å². The van der Waals surface area contributed by atoms with E-state index in [9.17, 15) is 9.59 Å². The van der Waals surface area contributed by atoms with Gasteiger partial charge in [-0.15, -0.1) is 5.10 Å². The highest BCUT2D eigenvalue weighted by Gasteiger charge is 2.29. The molecule has 0 saturated carbocycles. The Morgan fingerprint density at radius 2 is 1.74 bits per heavy atom. The second-order valence-electron chi connectivity index (χ2n) is 8.55. The van der Waals surface area contributed by atoms with Crippen LogP contribution in [0.2, 0.25) is 0 Å². The fourth-order valence-electron chi connectivity index (χ4n) is 4.45. The molecule has 0 bridgehead atoms. The number of nitrogens with zero attached hydrogens (tertiary/aromatic N) is 5. The zero-order chi connectivity index (χ0) is 23.7. The minimum Gasteiger partial charge on any atom is -0.324 e. The summed E-state index contributed by atoms with van der Waals surface area (Å²) in [4.78, 5) is 33.1. The smallest absolute Gasteiger partial charge is 0.284 e. The van der Waals surface area contributed by atoms with E-state index >= 15 is 0 Å². The number of thioether (sulfide) groups is 1. The molecule has 1 unspecified atom stereocenters. The lowest BCUT2D eigenvalue weighted by Crippen LogP contribution is -2.33. The van der Waals surface area contributed by atoms with Crippen molar-refractivity contribution in [2.24, 2.45) is 0 Å². The van der Waals surface area contributed by atoms with E-state index in [1.165, 1.54) is 16.4 Å². The molecule has 7 nitrogen and oxygen atoms in total. The van der Waals surface area contributed by atoms with E-state index in [4.69, 9.17) is 4.98 Å². The Balaban J connectivity index is 1.55. The first-order valence-corrected chi connectivity index (χ1v) is 12.5. The average molecular weight is 474 g/mol. The largest absolute Gasteiger partial charge is 0.324 e. The van der Waals surface area contributed by atoms with E-state index in [0.717, 1.165) is 54.5 Å². The summed E-state index contributed by atoms with van der Waals surface area (Å²) >= 11 is 1.43. The molecule has 0 radical (unpaired) electrons. The Kier molecular flexibility index (Phi) is 6.24. The predicted molar refractivity (Wildman–Crippen MR) is 135 cm³/mol. The number of fused-ring (bicyclic) bond motifs is 3. The number of amides is 1. The van der Waals surface area contributed by atoms with Gasteiger partial charge in [-0.3, -0.25) is 9.59 Å². The molecule has 1 atom stereocenters. The summed E-state index contributed by atoms with van der Waals surface area (Å²) < 4.78 is 3.58. The maximum atomic E-state index is 13.4. The van der Waals surface area contributed by atoms with Crippen molar-refractivity contribution in [2.75, 3.05) is 11.9 Å². The summed E-state index contributed by atoms with van der Waals surface area (Å²) in [6, 6.07) is 19.1. The molecule has 8 heteroatoms. The summed E-state index contributed by atoms with van der Waals surface area (Å²) in [7, 11) is 1.80. The van der Waals surface area contributed by atoms with Crippen LogP contribution in [0, 0.1) is 0 Å². The minimum absolute atomic E-state index is 0.000368. The highest BCUT2D eigenvalue weighted by Crippen LogP contribution is 2.32. The number of carbonyl (C=O) groups is 1. The van der Waals surface area contributed by atoms with Gasteiger partial charge < -0.3 is 9.47 Å². The summed E-state index contributed by atoms with van der Waals surface area (Å²) in [6.45, 7) is 2.69. The van der Waals surface area contributed by atoms with Crippen LogP contribution in [0.3, 0.4) is 0 Å². The van der Waals surface area contributed by atoms with E-state index in [0.29, 0.717) is 11.4 Å². The molecule has 2 aromatic rings. The number of para-hydroxylation sites is 2. The van der Waals surface area contributed by atoms with Crippen molar-refractivity contribution in [3.63, 3.8) is 0 Å². The number of carbonyl (C=O) groups excluding carboxylic acids is 1. The van der Waals surface area contributed by atoms with Crippen molar-refractivity contribution >= 4 is 23.4 Å². The Labute approximate surface area is 202 Å². The lowest BCUT2D eigenvalue weighted by atomic mass is 10.1. The summed E-state index contributed by atoms with van der Waals surface area (Å²) in [5, 5.41) is 4.98.